The third kappa shape index (κ3) is 5.50. The molecule has 1 aromatic carbocycles. The lowest BCUT2D eigenvalue weighted by Crippen LogP contribution is -2.19. The summed E-state index contributed by atoms with van der Waals surface area (Å²) in [5.41, 5.74) is 0.662. The summed E-state index contributed by atoms with van der Waals surface area (Å²) in [5.74, 6) is -0.218. The van der Waals surface area contributed by atoms with Crippen LogP contribution in [0.3, 0.4) is 0 Å². The Morgan fingerprint density at radius 2 is 2.24 bits per heavy atom. The van der Waals surface area contributed by atoms with Gasteiger partial charge < -0.3 is 14.8 Å². The van der Waals surface area contributed by atoms with Crippen molar-refractivity contribution in [1.82, 2.24) is 0 Å². The molecule has 0 saturated heterocycles. The van der Waals surface area contributed by atoms with E-state index in [2.05, 4.69) is 21.2 Å². The van der Waals surface area contributed by atoms with E-state index in [0.717, 1.165) is 4.47 Å². The summed E-state index contributed by atoms with van der Waals surface area (Å²) in [6, 6.07) is 5.14. The number of ether oxygens (including phenoxy) is 2. The Bertz CT molecular complexity index is 387. The number of hydrogen-bond acceptors (Lipinski definition) is 3. The molecule has 0 spiro atoms. The molecular formula is C11H13BrClNO3. The Kier molecular flexibility index (Phi) is 6.50. The number of amides is 1. The van der Waals surface area contributed by atoms with E-state index >= 15 is 0 Å². The lowest BCUT2D eigenvalue weighted by atomic mass is 10.3. The molecule has 94 valence electrons. The number of anilines is 1. The maximum Gasteiger partial charge on any atom is 0.250 e. The number of hydrogen-bond donors (Lipinski definition) is 1. The van der Waals surface area contributed by atoms with Crippen LogP contribution in [0.2, 0.25) is 5.02 Å². The fourth-order valence-corrected chi connectivity index (χ4v) is 1.87. The maximum absolute atomic E-state index is 11.5. The van der Waals surface area contributed by atoms with Gasteiger partial charge in [0.1, 0.15) is 6.61 Å². The minimum atomic E-state index is -0.218. The van der Waals surface area contributed by atoms with Gasteiger partial charge in [-0.25, -0.2) is 0 Å². The summed E-state index contributed by atoms with van der Waals surface area (Å²) in [6.45, 7) is 0.863. The van der Waals surface area contributed by atoms with Gasteiger partial charge in [-0.15, -0.1) is 0 Å². The highest BCUT2D eigenvalue weighted by atomic mass is 79.9. The summed E-state index contributed by atoms with van der Waals surface area (Å²) < 4.78 is 10.6. The van der Waals surface area contributed by atoms with Gasteiger partial charge in [-0.2, -0.15) is 0 Å². The molecule has 0 aliphatic rings. The minimum Gasteiger partial charge on any atom is -0.382 e. The molecule has 0 bridgehead atoms. The number of carbonyl (C=O) groups excluding carboxylic acids is 1. The molecule has 1 aromatic rings. The van der Waals surface area contributed by atoms with Crippen molar-refractivity contribution in [2.24, 2.45) is 0 Å². The van der Waals surface area contributed by atoms with Crippen molar-refractivity contribution in [3.05, 3.63) is 27.7 Å². The quantitative estimate of drug-likeness (QED) is 0.819. The highest BCUT2D eigenvalue weighted by Crippen LogP contribution is 2.25. The Morgan fingerprint density at radius 3 is 2.88 bits per heavy atom. The molecule has 0 heterocycles. The molecule has 0 atom stereocenters. The van der Waals surface area contributed by atoms with Crippen molar-refractivity contribution < 1.29 is 14.3 Å². The number of methoxy groups -OCH3 is 1. The van der Waals surface area contributed by atoms with E-state index < -0.39 is 0 Å². The smallest absolute Gasteiger partial charge is 0.250 e. The molecule has 0 aliphatic heterocycles. The SMILES string of the molecule is COCCOCC(=O)Nc1ccc(Cl)cc1Br. The first-order chi connectivity index (χ1) is 8.13. The van der Waals surface area contributed by atoms with Gasteiger partial charge in [0.15, 0.2) is 0 Å². The molecule has 1 rings (SSSR count). The second-order valence-corrected chi connectivity index (χ2v) is 4.51. The standard InChI is InChI=1S/C11H13BrClNO3/c1-16-4-5-17-7-11(15)14-10-3-2-8(13)6-9(10)12/h2-3,6H,4-5,7H2,1H3,(H,14,15). The predicted molar refractivity (Wildman–Crippen MR) is 70.5 cm³/mol. The average molecular weight is 323 g/mol. The zero-order chi connectivity index (χ0) is 12.7. The molecule has 0 aliphatic carbocycles. The third-order valence-corrected chi connectivity index (χ3v) is 2.76. The number of halogens is 2. The molecule has 6 heteroatoms. The second kappa shape index (κ2) is 7.66. The predicted octanol–water partition coefficient (Wildman–Crippen LogP) is 2.70. The molecule has 0 radical (unpaired) electrons. The van der Waals surface area contributed by atoms with Gasteiger partial charge in [0, 0.05) is 16.6 Å². The lowest BCUT2D eigenvalue weighted by molar-refractivity contribution is -0.121. The van der Waals surface area contributed by atoms with E-state index in [4.69, 9.17) is 21.1 Å². The molecule has 17 heavy (non-hydrogen) atoms. The average Bonchev–Trinajstić information content (AvgIpc) is 2.28. The van der Waals surface area contributed by atoms with Crippen LogP contribution in [-0.4, -0.2) is 32.8 Å². The molecule has 0 fully saturated rings. The first kappa shape index (κ1) is 14.4. The Morgan fingerprint density at radius 1 is 1.47 bits per heavy atom. The van der Waals surface area contributed by atoms with Crippen LogP contribution in [-0.2, 0) is 14.3 Å². The second-order valence-electron chi connectivity index (χ2n) is 3.22. The normalized spacial score (nSPS) is 10.3. The van der Waals surface area contributed by atoms with Crippen LogP contribution in [0.5, 0.6) is 0 Å². The van der Waals surface area contributed by atoms with Crippen LogP contribution in [0.1, 0.15) is 0 Å². The fraction of sp³-hybridized carbons (Fsp3) is 0.364. The summed E-state index contributed by atoms with van der Waals surface area (Å²) in [7, 11) is 1.58. The molecular weight excluding hydrogens is 309 g/mol. The van der Waals surface area contributed by atoms with Gasteiger partial charge in [0.2, 0.25) is 5.91 Å². The minimum absolute atomic E-state index is 0.00156. The fourth-order valence-electron chi connectivity index (χ4n) is 1.08. The van der Waals surface area contributed by atoms with E-state index in [9.17, 15) is 4.79 Å². The zero-order valence-corrected chi connectivity index (χ0v) is 11.7. The topological polar surface area (TPSA) is 47.6 Å². The highest BCUT2D eigenvalue weighted by molar-refractivity contribution is 9.10. The van der Waals surface area contributed by atoms with Gasteiger partial charge in [-0.1, -0.05) is 11.6 Å². The summed E-state index contributed by atoms with van der Waals surface area (Å²) in [5, 5.41) is 3.31. The van der Waals surface area contributed by atoms with Gasteiger partial charge in [0.25, 0.3) is 0 Å². The van der Waals surface area contributed by atoms with Crippen molar-refractivity contribution in [2.45, 2.75) is 0 Å². The largest absolute Gasteiger partial charge is 0.382 e. The van der Waals surface area contributed by atoms with E-state index in [1.807, 2.05) is 0 Å². The number of rotatable bonds is 6. The van der Waals surface area contributed by atoms with Gasteiger partial charge in [-0.3, -0.25) is 4.79 Å². The molecule has 1 amide bonds. The van der Waals surface area contributed by atoms with Gasteiger partial charge >= 0.3 is 0 Å². The summed E-state index contributed by atoms with van der Waals surface area (Å²) in [4.78, 5) is 11.5. The monoisotopic (exact) mass is 321 g/mol. The first-order valence-electron chi connectivity index (χ1n) is 4.95. The van der Waals surface area contributed by atoms with Crippen molar-refractivity contribution in [3.63, 3.8) is 0 Å². The first-order valence-corrected chi connectivity index (χ1v) is 6.12. The maximum atomic E-state index is 11.5. The molecule has 1 N–H and O–H groups in total. The van der Waals surface area contributed by atoms with Gasteiger partial charge in [-0.05, 0) is 34.1 Å². The van der Waals surface area contributed by atoms with Crippen molar-refractivity contribution in [1.29, 1.82) is 0 Å². The van der Waals surface area contributed by atoms with Crippen LogP contribution in [0.25, 0.3) is 0 Å². The van der Waals surface area contributed by atoms with Crippen LogP contribution < -0.4 is 5.32 Å². The van der Waals surface area contributed by atoms with Crippen molar-refractivity contribution >= 4 is 39.1 Å². The van der Waals surface area contributed by atoms with Crippen LogP contribution >= 0.6 is 27.5 Å². The molecule has 0 aromatic heterocycles. The van der Waals surface area contributed by atoms with E-state index in [1.54, 1.807) is 25.3 Å². The third-order valence-electron chi connectivity index (χ3n) is 1.87. The van der Waals surface area contributed by atoms with Crippen LogP contribution in [0.4, 0.5) is 5.69 Å². The zero-order valence-electron chi connectivity index (χ0n) is 9.33. The number of carbonyl (C=O) groups is 1. The van der Waals surface area contributed by atoms with Crippen molar-refractivity contribution in [3.8, 4) is 0 Å². The summed E-state index contributed by atoms with van der Waals surface area (Å²) in [6.07, 6.45) is 0. The van der Waals surface area contributed by atoms with E-state index in [-0.39, 0.29) is 12.5 Å². The molecule has 0 saturated carbocycles. The van der Waals surface area contributed by atoms with E-state index in [1.165, 1.54) is 0 Å². The molecule has 4 nitrogen and oxygen atoms in total. The van der Waals surface area contributed by atoms with Gasteiger partial charge in [0.05, 0.1) is 18.9 Å². The van der Waals surface area contributed by atoms with E-state index in [0.29, 0.717) is 23.9 Å². The highest BCUT2D eigenvalue weighted by Gasteiger charge is 2.05. The molecule has 0 unspecified atom stereocenters. The lowest BCUT2D eigenvalue weighted by Gasteiger charge is -2.08. The Labute approximate surface area is 113 Å². The van der Waals surface area contributed by atoms with Crippen LogP contribution in [0.15, 0.2) is 22.7 Å². The Balaban J connectivity index is 2.40. The number of nitrogens with one attached hydrogen (secondary N) is 1. The Hall–Kier alpha value is -0.620. The number of benzene rings is 1. The van der Waals surface area contributed by atoms with Crippen LogP contribution in [0, 0.1) is 0 Å². The van der Waals surface area contributed by atoms with Crippen molar-refractivity contribution in [2.75, 3.05) is 32.2 Å². The summed E-state index contributed by atoms with van der Waals surface area (Å²) >= 11 is 9.10.